The number of nitrogens with zero attached hydrogens (tertiary/aromatic N) is 2. The molecule has 0 bridgehead atoms. The summed E-state index contributed by atoms with van der Waals surface area (Å²) in [7, 11) is 0. The lowest BCUT2D eigenvalue weighted by Crippen LogP contribution is -2.23. The molecule has 1 amide bonds. The number of carbonyl (C=O) groups is 1. The van der Waals surface area contributed by atoms with Gasteiger partial charge >= 0.3 is 0 Å². The Labute approximate surface area is 118 Å². The van der Waals surface area contributed by atoms with E-state index < -0.39 is 0 Å². The van der Waals surface area contributed by atoms with Crippen LogP contribution in [0.5, 0.6) is 0 Å². The van der Waals surface area contributed by atoms with E-state index in [4.69, 9.17) is 33.5 Å². The van der Waals surface area contributed by atoms with Gasteiger partial charge < -0.3 is 15.6 Å². The number of halogens is 2. The van der Waals surface area contributed by atoms with Crippen molar-refractivity contribution in [3.63, 3.8) is 0 Å². The highest BCUT2D eigenvalue weighted by atomic mass is 35.5. The minimum atomic E-state index is -0.355. The number of aryl methyl sites for hydroxylation is 1. The van der Waals surface area contributed by atoms with Gasteiger partial charge in [-0.15, -0.1) is 0 Å². The molecule has 0 aliphatic rings. The number of hydrogen-bond acceptors (Lipinski definition) is 5. The third-order valence-corrected chi connectivity index (χ3v) is 2.94. The van der Waals surface area contributed by atoms with Gasteiger partial charge in [0.1, 0.15) is 0 Å². The molecule has 6 nitrogen and oxygen atoms in total. The fourth-order valence-corrected chi connectivity index (χ4v) is 1.88. The molecule has 0 spiro atoms. The van der Waals surface area contributed by atoms with Crippen LogP contribution in [0.4, 0.5) is 5.69 Å². The molecule has 1 aromatic carbocycles. The van der Waals surface area contributed by atoms with E-state index in [1.165, 1.54) is 12.1 Å². The number of aromatic nitrogens is 2. The molecule has 0 aliphatic heterocycles. The SMILES string of the molecule is Cc1nc(CNC(=O)c2cc(Cl)c(N)c(Cl)c2)no1. The standard InChI is InChI=1S/C11H10Cl2N4O2/c1-5-16-9(17-19-5)4-15-11(18)6-2-7(12)10(14)8(13)3-6/h2-3H,4,14H2,1H3,(H,15,18). The summed E-state index contributed by atoms with van der Waals surface area (Å²) in [6, 6.07) is 2.89. The zero-order chi connectivity index (χ0) is 14.0. The molecule has 2 aromatic rings. The van der Waals surface area contributed by atoms with Crippen LogP contribution in [0, 0.1) is 6.92 Å². The van der Waals surface area contributed by atoms with Crippen LogP contribution in [0.3, 0.4) is 0 Å². The van der Waals surface area contributed by atoms with Gasteiger partial charge in [0.25, 0.3) is 5.91 Å². The molecule has 100 valence electrons. The van der Waals surface area contributed by atoms with Crippen LogP contribution in [-0.4, -0.2) is 16.0 Å². The molecule has 0 radical (unpaired) electrons. The summed E-state index contributed by atoms with van der Waals surface area (Å²) in [6.07, 6.45) is 0. The topological polar surface area (TPSA) is 94.0 Å². The second-order valence-corrected chi connectivity index (χ2v) is 4.58. The van der Waals surface area contributed by atoms with Gasteiger partial charge in [0.05, 0.1) is 22.3 Å². The van der Waals surface area contributed by atoms with Crippen LogP contribution >= 0.6 is 23.2 Å². The van der Waals surface area contributed by atoms with Gasteiger partial charge in [-0.1, -0.05) is 28.4 Å². The summed E-state index contributed by atoms with van der Waals surface area (Å²) in [6.45, 7) is 1.81. The molecule has 0 saturated heterocycles. The molecule has 8 heteroatoms. The first-order chi connectivity index (χ1) is 8.97. The van der Waals surface area contributed by atoms with E-state index in [0.29, 0.717) is 17.3 Å². The number of nitrogens with two attached hydrogens (primary N) is 1. The number of hydrogen-bond donors (Lipinski definition) is 2. The van der Waals surface area contributed by atoms with Crippen molar-refractivity contribution in [2.24, 2.45) is 0 Å². The lowest BCUT2D eigenvalue weighted by atomic mass is 10.2. The Morgan fingerprint density at radius 3 is 2.58 bits per heavy atom. The smallest absolute Gasteiger partial charge is 0.251 e. The van der Waals surface area contributed by atoms with Crippen LogP contribution in [0.1, 0.15) is 22.1 Å². The summed E-state index contributed by atoms with van der Waals surface area (Å²) in [5, 5.41) is 6.74. The van der Waals surface area contributed by atoms with Crippen LogP contribution in [0.25, 0.3) is 0 Å². The molecule has 0 unspecified atom stereocenters. The van der Waals surface area contributed by atoms with E-state index in [-0.39, 0.29) is 28.2 Å². The lowest BCUT2D eigenvalue weighted by Gasteiger charge is -2.06. The quantitative estimate of drug-likeness (QED) is 0.847. The molecule has 0 atom stereocenters. The number of amides is 1. The van der Waals surface area contributed by atoms with Gasteiger partial charge in [0, 0.05) is 12.5 Å². The molecule has 0 saturated carbocycles. The maximum absolute atomic E-state index is 11.9. The summed E-state index contributed by atoms with van der Waals surface area (Å²) in [5.74, 6) is 0.465. The van der Waals surface area contributed by atoms with E-state index in [9.17, 15) is 4.79 Å². The highest BCUT2D eigenvalue weighted by molar-refractivity contribution is 6.39. The summed E-state index contributed by atoms with van der Waals surface area (Å²) >= 11 is 11.7. The van der Waals surface area contributed by atoms with E-state index >= 15 is 0 Å². The molecule has 0 aliphatic carbocycles. The third kappa shape index (κ3) is 3.15. The predicted molar refractivity (Wildman–Crippen MR) is 71.1 cm³/mol. The minimum absolute atomic E-state index is 0.149. The average molecular weight is 301 g/mol. The molecule has 0 fully saturated rings. The van der Waals surface area contributed by atoms with E-state index in [1.54, 1.807) is 6.92 Å². The average Bonchev–Trinajstić information content (AvgIpc) is 2.78. The van der Waals surface area contributed by atoms with Crippen molar-refractivity contribution in [1.29, 1.82) is 0 Å². The van der Waals surface area contributed by atoms with Crippen molar-refractivity contribution in [2.45, 2.75) is 13.5 Å². The Balaban J connectivity index is 2.08. The fourth-order valence-electron chi connectivity index (χ4n) is 1.39. The Morgan fingerprint density at radius 1 is 1.42 bits per heavy atom. The molecular weight excluding hydrogens is 291 g/mol. The van der Waals surface area contributed by atoms with Gasteiger partial charge in [-0.05, 0) is 12.1 Å². The Hall–Kier alpha value is -1.79. The number of nitrogens with one attached hydrogen (secondary N) is 1. The van der Waals surface area contributed by atoms with Crippen LogP contribution in [0.15, 0.2) is 16.7 Å². The van der Waals surface area contributed by atoms with E-state index in [1.807, 2.05) is 0 Å². The number of anilines is 1. The van der Waals surface area contributed by atoms with Crippen molar-refractivity contribution in [3.05, 3.63) is 39.5 Å². The Kier molecular flexibility index (Phi) is 3.92. The highest BCUT2D eigenvalue weighted by Crippen LogP contribution is 2.28. The van der Waals surface area contributed by atoms with Gasteiger partial charge in [-0.2, -0.15) is 4.98 Å². The van der Waals surface area contributed by atoms with Crippen molar-refractivity contribution >= 4 is 34.8 Å². The Morgan fingerprint density at radius 2 is 2.05 bits per heavy atom. The maximum atomic E-state index is 11.9. The van der Waals surface area contributed by atoms with Crippen LogP contribution in [0.2, 0.25) is 10.0 Å². The number of benzene rings is 1. The molecular formula is C11H10Cl2N4O2. The number of carbonyl (C=O) groups excluding carboxylic acids is 1. The minimum Gasteiger partial charge on any atom is -0.396 e. The molecule has 1 heterocycles. The van der Waals surface area contributed by atoms with Crippen molar-refractivity contribution in [3.8, 4) is 0 Å². The van der Waals surface area contributed by atoms with Crippen LogP contribution < -0.4 is 11.1 Å². The number of rotatable bonds is 3. The highest BCUT2D eigenvalue weighted by Gasteiger charge is 2.12. The summed E-state index contributed by atoms with van der Waals surface area (Å²) in [5.41, 5.74) is 6.14. The van der Waals surface area contributed by atoms with Crippen molar-refractivity contribution < 1.29 is 9.32 Å². The second-order valence-electron chi connectivity index (χ2n) is 3.77. The summed E-state index contributed by atoms with van der Waals surface area (Å²) in [4.78, 5) is 15.8. The zero-order valence-corrected chi connectivity index (χ0v) is 11.4. The van der Waals surface area contributed by atoms with Gasteiger partial charge in [-0.25, -0.2) is 0 Å². The second kappa shape index (κ2) is 5.46. The Bertz CT molecular complexity index is 604. The third-order valence-electron chi connectivity index (χ3n) is 2.32. The fraction of sp³-hybridized carbons (Fsp3) is 0.182. The van der Waals surface area contributed by atoms with E-state index in [2.05, 4.69) is 15.5 Å². The van der Waals surface area contributed by atoms with Gasteiger partial charge in [-0.3, -0.25) is 4.79 Å². The largest absolute Gasteiger partial charge is 0.396 e. The predicted octanol–water partition coefficient (Wildman–Crippen LogP) is 2.20. The van der Waals surface area contributed by atoms with Gasteiger partial charge in [0.15, 0.2) is 5.82 Å². The molecule has 1 aromatic heterocycles. The number of nitrogen functional groups attached to an aromatic ring is 1. The first kappa shape index (κ1) is 13.6. The van der Waals surface area contributed by atoms with Crippen molar-refractivity contribution in [1.82, 2.24) is 15.5 Å². The van der Waals surface area contributed by atoms with Crippen molar-refractivity contribution in [2.75, 3.05) is 5.73 Å². The molecule has 19 heavy (non-hydrogen) atoms. The normalized spacial score (nSPS) is 10.5. The van der Waals surface area contributed by atoms with Gasteiger partial charge in [0.2, 0.25) is 5.89 Å². The van der Waals surface area contributed by atoms with E-state index in [0.717, 1.165) is 0 Å². The molecule has 2 rings (SSSR count). The first-order valence-electron chi connectivity index (χ1n) is 5.29. The lowest BCUT2D eigenvalue weighted by molar-refractivity contribution is 0.0949. The zero-order valence-electron chi connectivity index (χ0n) is 9.91. The first-order valence-corrected chi connectivity index (χ1v) is 6.05. The summed E-state index contributed by atoms with van der Waals surface area (Å²) < 4.78 is 4.79. The van der Waals surface area contributed by atoms with Crippen LogP contribution in [-0.2, 0) is 6.54 Å². The monoisotopic (exact) mass is 300 g/mol. The molecule has 3 N–H and O–H groups in total. The maximum Gasteiger partial charge on any atom is 0.251 e.